The van der Waals surface area contributed by atoms with Gasteiger partial charge in [-0.3, -0.25) is 0 Å². The molecule has 0 aliphatic carbocycles. The summed E-state index contributed by atoms with van der Waals surface area (Å²) in [7, 11) is 1.64. The van der Waals surface area contributed by atoms with Gasteiger partial charge in [-0.2, -0.15) is 0 Å². The summed E-state index contributed by atoms with van der Waals surface area (Å²) in [4.78, 5) is 0. The van der Waals surface area contributed by atoms with Crippen molar-refractivity contribution in [2.75, 3.05) is 26.9 Å². The smallest absolute Gasteiger partial charge is 0.233 e. The number of methoxy groups -OCH3 is 1. The molecule has 0 radical (unpaired) electrons. The highest BCUT2D eigenvalue weighted by atomic mass is 16.5. The van der Waals surface area contributed by atoms with Gasteiger partial charge in [0.2, 0.25) is 5.88 Å². The zero-order valence-corrected chi connectivity index (χ0v) is 14.9. The molecule has 3 aromatic rings. The van der Waals surface area contributed by atoms with Crippen molar-refractivity contribution >= 4 is 0 Å². The van der Waals surface area contributed by atoms with Gasteiger partial charge in [-0.15, -0.1) is 5.10 Å². The molecule has 1 heterocycles. The Kier molecular flexibility index (Phi) is 5.76. The monoisotopic (exact) mass is 354 g/mol. The van der Waals surface area contributed by atoms with Crippen LogP contribution in [0, 0.1) is 0 Å². The van der Waals surface area contributed by atoms with E-state index in [9.17, 15) is 0 Å². The molecule has 3 rings (SSSR count). The normalized spacial score (nSPS) is 10.6. The number of aromatic nitrogens is 2. The van der Waals surface area contributed by atoms with Crippen LogP contribution >= 0.6 is 0 Å². The summed E-state index contributed by atoms with van der Waals surface area (Å²) in [5, 5.41) is 13.4. The predicted octanol–water partition coefficient (Wildman–Crippen LogP) is 3.32. The SMILES string of the molecule is CCOc1cc(-c2ccc(OCCO)cc2)n(-c2ccc(OC)cc2)n1. The van der Waals surface area contributed by atoms with Crippen molar-refractivity contribution in [3.63, 3.8) is 0 Å². The minimum Gasteiger partial charge on any atom is -0.497 e. The number of rotatable bonds is 8. The molecule has 0 bridgehead atoms. The van der Waals surface area contributed by atoms with Crippen LogP contribution in [0.25, 0.3) is 16.9 Å². The molecule has 6 nitrogen and oxygen atoms in total. The molecule has 2 aromatic carbocycles. The van der Waals surface area contributed by atoms with Gasteiger partial charge in [-0.25, -0.2) is 4.68 Å². The molecule has 0 aliphatic rings. The third-order valence-corrected chi connectivity index (χ3v) is 3.81. The van der Waals surface area contributed by atoms with E-state index in [4.69, 9.17) is 19.3 Å². The number of aliphatic hydroxyl groups is 1. The third-order valence-electron chi connectivity index (χ3n) is 3.81. The highest BCUT2D eigenvalue weighted by Gasteiger charge is 2.13. The van der Waals surface area contributed by atoms with Crippen LogP contribution < -0.4 is 14.2 Å². The molecule has 6 heteroatoms. The van der Waals surface area contributed by atoms with Gasteiger partial charge in [0.1, 0.15) is 18.1 Å². The minimum atomic E-state index is -0.0102. The van der Waals surface area contributed by atoms with Crippen molar-refractivity contribution in [1.82, 2.24) is 9.78 Å². The zero-order chi connectivity index (χ0) is 18.4. The van der Waals surface area contributed by atoms with Gasteiger partial charge in [0.05, 0.1) is 31.7 Å². The summed E-state index contributed by atoms with van der Waals surface area (Å²) in [5.74, 6) is 2.07. The van der Waals surface area contributed by atoms with Gasteiger partial charge in [0, 0.05) is 11.6 Å². The number of benzene rings is 2. The largest absolute Gasteiger partial charge is 0.497 e. The Balaban J connectivity index is 1.96. The lowest BCUT2D eigenvalue weighted by Crippen LogP contribution is -2.02. The first-order valence-electron chi connectivity index (χ1n) is 8.46. The predicted molar refractivity (Wildman–Crippen MR) is 99.3 cm³/mol. The lowest BCUT2D eigenvalue weighted by Gasteiger charge is -2.09. The van der Waals surface area contributed by atoms with E-state index >= 15 is 0 Å². The second kappa shape index (κ2) is 8.40. The summed E-state index contributed by atoms with van der Waals surface area (Å²) >= 11 is 0. The molecule has 0 unspecified atom stereocenters. The minimum absolute atomic E-state index is 0.0102. The van der Waals surface area contributed by atoms with Crippen molar-refractivity contribution in [1.29, 1.82) is 0 Å². The molecule has 1 aromatic heterocycles. The van der Waals surface area contributed by atoms with E-state index in [1.807, 2.05) is 66.2 Å². The van der Waals surface area contributed by atoms with Crippen LogP contribution in [0.5, 0.6) is 17.4 Å². The van der Waals surface area contributed by atoms with E-state index in [-0.39, 0.29) is 13.2 Å². The third kappa shape index (κ3) is 3.97. The van der Waals surface area contributed by atoms with Crippen LogP contribution in [0.3, 0.4) is 0 Å². The Morgan fingerprint density at radius 1 is 0.962 bits per heavy atom. The Bertz CT molecular complexity index is 826. The van der Waals surface area contributed by atoms with Gasteiger partial charge < -0.3 is 19.3 Å². The second-order valence-corrected chi connectivity index (χ2v) is 5.51. The molecule has 0 saturated heterocycles. The van der Waals surface area contributed by atoms with Gasteiger partial charge in [0.15, 0.2) is 0 Å². The number of nitrogens with zero attached hydrogens (tertiary/aromatic N) is 2. The van der Waals surface area contributed by atoms with Crippen LogP contribution in [-0.4, -0.2) is 41.8 Å². The van der Waals surface area contributed by atoms with E-state index in [1.54, 1.807) is 7.11 Å². The molecule has 0 spiro atoms. The molecule has 136 valence electrons. The second-order valence-electron chi connectivity index (χ2n) is 5.51. The maximum absolute atomic E-state index is 8.85. The van der Waals surface area contributed by atoms with Crippen molar-refractivity contribution in [2.24, 2.45) is 0 Å². The fourth-order valence-electron chi connectivity index (χ4n) is 2.59. The summed E-state index contributed by atoms with van der Waals surface area (Å²) < 4.78 is 18.1. The van der Waals surface area contributed by atoms with Crippen LogP contribution in [-0.2, 0) is 0 Å². The summed E-state index contributed by atoms with van der Waals surface area (Å²) in [6, 6.07) is 17.3. The average Bonchev–Trinajstić information content (AvgIpc) is 3.11. The maximum atomic E-state index is 8.85. The van der Waals surface area contributed by atoms with E-state index in [0.717, 1.165) is 22.7 Å². The highest BCUT2D eigenvalue weighted by Crippen LogP contribution is 2.29. The van der Waals surface area contributed by atoms with Gasteiger partial charge in [-0.05, 0) is 55.5 Å². The Hall–Kier alpha value is -2.99. The average molecular weight is 354 g/mol. The van der Waals surface area contributed by atoms with Crippen LogP contribution in [0.1, 0.15) is 6.92 Å². The molecule has 0 fully saturated rings. The Labute approximate surface area is 152 Å². The summed E-state index contributed by atoms with van der Waals surface area (Å²) in [6.45, 7) is 2.74. The zero-order valence-electron chi connectivity index (χ0n) is 14.9. The molecular weight excluding hydrogens is 332 g/mol. The molecule has 1 N–H and O–H groups in total. The Morgan fingerprint density at radius 2 is 1.65 bits per heavy atom. The van der Waals surface area contributed by atoms with Gasteiger partial charge >= 0.3 is 0 Å². The first kappa shape index (κ1) is 17.8. The first-order chi connectivity index (χ1) is 12.7. The fraction of sp³-hybridized carbons (Fsp3) is 0.250. The van der Waals surface area contributed by atoms with Crippen molar-refractivity contribution in [3.8, 4) is 34.3 Å². The van der Waals surface area contributed by atoms with Gasteiger partial charge in [0.25, 0.3) is 0 Å². The standard InChI is InChI=1S/C20H22N2O4/c1-3-25-20-14-19(15-4-8-18(9-5-15)26-13-12-23)22(21-20)16-6-10-17(24-2)11-7-16/h4-11,14,23H,3,12-13H2,1-2H3. The lowest BCUT2D eigenvalue weighted by molar-refractivity contribution is 0.201. The van der Waals surface area contributed by atoms with E-state index < -0.39 is 0 Å². The van der Waals surface area contributed by atoms with Crippen LogP contribution in [0.15, 0.2) is 54.6 Å². The van der Waals surface area contributed by atoms with Crippen molar-refractivity contribution < 1.29 is 19.3 Å². The van der Waals surface area contributed by atoms with Gasteiger partial charge in [-0.1, -0.05) is 0 Å². The lowest BCUT2D eigenvalue weighted by atomic mass is 10.1. The highest BCUT2D eigenvalue weighted by molar-refractivity contribution is 5.64. The molecule has 0 aliphatic heterocycles. The van der Waals surface area contributed by atoms with Crippen molar-refractivity contribution in [2.45, 2.75) is 6.92 Å². The topological polar surface area (TPSA) is 65.7 Å². The molecule has 0 saturated carbocycles. The number of aliphatic hydroxyl groups excluding tert-OH is 1. The van der Waals surface area contributed by atoms with E-state index in [1.165, 1.54) is 0 Å². The van der Waals surface area contributed by atoms with Crippen molar-refractivity contribution in [3.05, 3.63) is 54.6 Å². The first-order valence-corrected chi connectivity index (χ1v) is 8.46. The summed E-state index contributed by atoms with van der Waals surface area (Å²) in [5.41, 5.74) is 2.80. The number of hydrogen-bond donors (Lipinski definition) is 1. The number of hydrogen-bond acceptors (Lipinski definition) is 5. The van der Waals surface area contributed by atoms with Crippen LogP contribution in [0.2, 0.25) is 0 Å². The number of ether oxygens (including phenoxy) is 3. The quantitative estimate of drug-likeness (QED) is 0.672. The molecule has 26 heavy (non-hydrogen) atoms. The van der Waals surface area contributed by atoms with E-state index in [2.05, 4.69) is 5.10 Å². The fourth-order valence-corrected chi connectivity index (χ4v) is 2.59. The maximum Gasteiger partial charge on any atom is 0.233 e. The van der Waals surface area contributed by atoms with Crippen LogP contribution in [0.4, 0.5) is 0 Å². The summed E-state index contributed by atoms with van der Waals surface area (Å²) in [6.07, 6.45) is 0. The molecular formula is C20H22N2O4. The molecule has 0 atom stereocenters. The Morgan fingerprint density at radius 3 is 2.27 bits per heavy atom. The molecule has 0 amide bonds. The van der Waals surface area contributed by atoms with E-state index in [0.29, 0.717) is 18.2 Å².